The van der Waals surface area contributed by atoms with Gasteiger partial charge in [-0.1, -0.05) is 18.2 Å². The van der Waals surface area contributed by atoms with Gasteiger partial charge in [0.25, 0.3) is 0 Å². The SMILES string of the molecule is [2H]c1ccc2c(c1)C(C)(C)C(C)=[N+]2C. The summed E-state index contributed by atoms with van der Waals surface area (Å²) in [7, 11) is 2.09. The van der Waals surface area contributed by atoms with Crippen molar-refractivity contribution in [2.24, 2.45) is 0 Å². The molecule has 0 saturated carbocycles. The molecule has 0 unspecified atom stereocenters. The van der Waals surface area contributed by atoms with Gasteiger partial charge in [0.15, 0.2) is 5.71 Å². The third-order valence-corrected chi connectivity index (χ3v) is 3.28. The van der Waals surface area contributed by atoms with Crippen LogP contribution in [-0.2, 0) is 5.41 Å². The fraction of sp³-hybridized carbons (Fsp3) is 0.417. The molecular formula is C12H16N+. The second-order valence-electron chi connectivity index (χ2n) is 4.21. The van der Waals surface area contributed by atoms with Crippen molar-refractivity contribution in [2.75, 3.05) is 7.05 Å². The van der Waals surface area contributed by atoms with Crippen molar-refractivity contribution in [3.63, 3.8) is 0 Å². The van der Waals surface area contributed by atoms with Crippen LogP contribution in [0.2, 0.25) is 0 Å². The van der Waals surface area contributed by atoms with Gasteiger partial charge in [-0.3, -0.25) is 0 Å². The van der Waals surface area contributed by atoms with Gasteiger partial charge in [-0.25, -0.2) is 4.58 Å². The van der Waals surface area contributed by atoms with E-state index in [1.165, 1.54) is 17.0 Å². The van der Waals surface area contributed by atoms with Crippen LogP contribution in [0.3, 0.4) is 0 Å². The van der Waals surface area contributed by atoms with Gasteiger partial charge in [-0.05, 0) is 13.8 Å². The van der Waals surface area contributed by atoms with Crippen LogP contribution in [0.1, 0.15) is 27.7 Å². The van der Waals surface area contributed by atoms with E-state index < -0.39 is 0 Å². The summed E-state index contributed by atoms with van der Waals surface area (Å²) in [4.78, 5) is 0. The lowest BCUT2D eigenvalue weighted by molar-refractivity contribution is -0.403. The Morgan fingerprint density at radius 2 is 2.08 bits per heavy atom. The van der Waals surface area contributed by atoms with Gasteiger partial charge in [0, 0.05) is 18.6 Å². The lowest BCUT2D eigenvalue weighted by Gasteiger charge is -2.14. The van der Waals surface area contributed by atoms with E-state index in [9.17, 15) is 0 Å². The first kappa shape index (κ1) is 7.31. The molecule has 0 atom stereocenters. The molecule has 0 fully saturated rings. The Labute approximate surface area is 81.1 Å². The summed E-state index contributed by atoms with van der Waals surface area (Å²) in [5.41, 5.74) is 3.92. The smallest absolute Gasteiger partial charge is 0.202 e. The second kappa shape index (κ2) is 2.44. The lowest BCUT2D eigenvalue weighted by Crippen LogP contribution is -2.25. The van der Waals surface area contributed by atoms with Crippen molar-refractivity contribution >= 4 is 11.4 Å². The Kier molecular flexibility index (Phi) is 1.37. The van der Waals surface area contributed by atoms with Crippen molar-refractivity contribution in [1.29, 1.82) is 0 Å². The van der Waals surface area contributed by atoms with Crippen molar-refractivity contribution in [3.05, 3.63) is 29.8 Å². The van der Waals surface area contributed by atoms with E-state index in [0.717, 1.165) is 0 Å². The molecule has 68 valence electrons. The average Bonchev–Trinajstić information content (AvgIpc) is 2.29. The molecule has 0 amide bonds. The normalized spacial score (nSPS) is 20.2. The summed E-state index contributed by atoms with van der Waals surface area (Å²) in [5, 5.41) is 0. The zero-order chi connectivity index (χ0) is 10.5. The molecule has 1 heterocycles. The zero-order valence-corrected chi connectivity index (χ0v) is 8.68. The van der Waals surface area contributed by atoms with Gasteiger partial charge in [-0.2, -0.15) is 0 Å². The third kappa shape index (κ3) is 0.963. The molecule has 1 aromatic rings. The van der Waals surface area contributed by atoms with E-state index in [1.807, 2.05) is 18.2 Å². The van der Waals surface area contributed by atoms with Gasteiger partial charge < -0.3 is 0 Å². The molecule has 1 aliphatic rings. The molecule has 0 aliphatic carbocycles. The molecule has 0 radical (unpaired) electrons. The summed E-state index contributed by atoms with van der Waals surface area (Å²) in [6.07, 6.45) is 0. The Hall–Kier alpha value is -1.11. The summed E-state index contributed by atoms with van der Waals surface area (Å²) in [6, 6.07) is 6.46. The Morgan fingerprint density at radius 3 is 2.77 bits per heavy atom. The maximum atomic E-state index is 7.64. The predicted molar refractivity (Wildman–Crippen MR) is 56.0 cm³/mol. The van der Waals surface area contributed by atoms with Crippen LogP contribution in [0.4, 0.5) is 5.69 Å². The predicted octanol–water partition coefficient (Wildman–Crippen LogP) is 2.71. The molecule has 1 heteroatoms. The van der Waals surface area contributed by atoms with Gasteiger partial charge in [-0.15, -0.1) is 0 Å². The van der Waals surface area contributed by atoms with Gasteiger partial charge in [0.2, 0.25) is 5.69 Å². The van der Waals surface area contributed by atoms with E-state index in [0.29, 0.717) is 6.04 Å². The fourth-order valence-corrected chi connectivity index (χ4v) is 2.01. The summed E-state index contributed by atoms with van der Waals surface area (Å²) in [6.45, 7) is 6.58. The molecular weight excluding hydrogens is 158 g/mol. The van der Waals surface area contributed by atoms with Crippen molar-refractivity contribution < 1.29 is 5.95 Å². The third-order valence-electron chi connectivity index (χ3n) is 3.28. The molecule has 0 N–H and O–H groups in total. The Bertz CT molecular complexity index is 430. The lowest BCUT2D eigenvalue weighted by atomic mass is 9.82. The summed E-state index contributed by atoms with van der Waals surface area (Å²) in [5.74, 6) is 0. The van der Waals surface area contributed by atoms with Crippen molar-refractivity contribution in [2.45, 2.75) is 26.2 Å². The number of nitrogens with zero attached hydrogens (tertiary/aromatic N) is 1. The average molecular weight is 175 g/mol. The highest BCUT2D eigenvalue weighted by atomic mass is 15.0. The largest absolute Gasteiger partial charge is 0.209 e. The molecule has 0 saturated heterocycles. The minimum absolute atomic E-state index is 0.0706. The van der Waals surface area contributed by atoms with Crippen molar-refractivity contribution in [1.82, 2.24) is 0 Å². The number of benzene rings is 1. The highest BCUT2D eigenvalue weighted by Gasteiger charge is 2.40. The van der Waals surface area contributed by atoms with E-state index in [2.05, 4.69) is 32.4 Å². The van der Waals surface area contributed by atoms with Crippen molar-refractivity contribution in [3.8, 4) is 0 Å². The highest BCUT2D eigenvalue weighted by molar-refractivity contribution is 5.93. The molecule has 2 rings (SSSR count). The quantitative estimate of drug-likeness (QED) is 0.533. The van der Waals surface area contributed by atoms with Crippen LogP contribution in [0.5, 0.6) is 0 Å². The maximum absolute atomic E-state index is 7.64. The molecule has 1 aliphatic heterocycles. The van der Waals surface area contributed by atoms with Crippen LogP contribution in [-0.4, -0.2) is 17.3 Å². The summed E-state index contributed by atoms with van der Waals surface area (Å²) >= 11 is 0. The highest BCUT2D eigenvalue weighted by Crippen LogP contribution is 2.38. The van der Waals surface area contributed by atoms with Gasteiger partial charge in [0.1, 0.15) is 7.05 Å². The fourth-order valence-electron chi connectivity index (χ4n) is 2.01. The van der Waals surface area contributed by atoms with Crippen LogP contribution < -0.4 is 0 Å². The Morgan fingerprint density at radius 1 is 1.38 bits per heavy atom. The molecule has 0 spiro atoms. The minimum atomic E-state index is 0.0706. The standard InChI is InChI=1S/C12H16N/c1-9-12(2,3)10-7-5-6-8-11(10)13(9)4/h5-8H,1-4H3/q+1/i5D. The zero-order valence-electron chi connectivity index (χ0n) is 9.68. The van der Waals surface area contributed by atoms with Crippen LogP contribution in [0, 0.1) is 0 Å². The Balaban J connectivity index is 2.73. The maximum Gasteiger partial charge on any atom is 0.209 e. The minimum Gasteiger partial charge on any atom is -0.202 e. The molecule has 13 heavy (non-hydrogen) atoms. The molecule has 0 bridgehead atoms. The first-order chi connectivity index (χ1) is 6.44. The summed E-state index contributed by atoms with van der Waals surface area (Å²) < 4.78 is 9.86. The first-order valence-electron chi connectivity index (χ1n) is 5.13. The number of hydrogen-bond acceptors (Lipinski definition) is 0. The molecule has 1 nitrogen and oxygen atoms in total. The van der Waals surface area contributed by atoms with Crippen LogP contribution in [0.15, 0.2) is 24.2 Å². The number of fused-ring (bicyclic) bond motifs is 1. The van der Waals surface area contributed by atoms with Crippen LogP contribution in [0.25, 0.3) is 0 Å². The first-order valence-corrected chi connectivity index (χ1v) is 4.63. The topological polar surface area (TPSA) is 3.01 Å². The van der Waals surface area contributed by atoms with E-state index in [-0.39, 0.29) is 5.41 Å². The van der Waals surface area contributed by atoms with E-state index in [1.54, 1.807) is 0 Å². The molecule has 0 aromatic heterocycles. The number of hydrogen-bond donors (Lipinski definition) is 0. The monoisotopic (exact) mass is 175 g/mol. The number of para-hydroxylation sites is 1. The number of rotatable bonds is 0. The van der Waals surface area contributed by atoms with Crippen LogP contribution >= 0.6 is 0 Å². The molecule has 1 aromatic carbocycles. The van der Waals surface area contributed by atoms with E-state index in [4.69, 9.17) is 1.37 Å². The second-order valence-corrected chi connectivity index (χ2v) is 4.21. The van der Waals surface area contributed by atoms with Gasteiger partial charge in [0.05, 0.1) is 6.79 Å². The van der Waals surface area contributed by atoms with Gasteiger partial charge >= 0.3 is 0 Å². The van der Waals surface area contributed by atoms with E-state index >= 15 is 0 Å².